The van der Waals surface area contributed by atoms with E-state index in [0.29, 0.717) is 12.1 Å². The van der Waals surface area contributed by atoms with Gasteiger partial charge in [0.1, 0.15) is 0 Å². The van der Waals surface area contributed by atoms with Crippen LogP contribution in [0.25, 0.3) is 0 Å². The van der Waals surface area contributed by atoms with Crippen LogP contribution in [0, 0.1) is 0 Å². The minimum Gasteiger partial charge on any atom is -0.378 e. The van der Waals surface area contributed by atoms with E-state index in [0.717, 1.165) is 13.2 Å². The zero-order chi connectivity index (χ0) is 12.8. The van der Waals surface area contributed by atoms with E-state index >= 15 is 0 Å². The Kier molecular flexibility index (Phi) is 6.15. The quantitative estimate of drug-likeness (QED) is 0.793. The summed E-state index contributed by atoms with van der Waals surface area (Å²) in [6.07, 6.45) is 6.71. The zero-order valence-electron chi connectivity index (χ0n) is 11.0. The minimum atomic E-state index is 0.507. The summed E-state index contributed by atoms with van der Waals surface area (Å²) in [5.74, 6) is 0. The van der Waals surface area contributed by atoms with Crippen molar-refractivity contribution in [1.29, 1.82) is 0 Å². The lowest BCUT2D eigenvalue weighted by molar-refractivity contribution is 0.101. The van der Waals surface area contributed by atoms with E-state index in [4.69, 9.17) is 4.74 Å². The third-order valence-corrected chi connectivity index (χ3v) is 5.17. The van der Waals surface area contributed by atoms with Gasteiger partial charge in [-0.25, -0.2) is 0 Å². The highest BCUT2D eigenvalue weighted by atomic mass is 79.9. The van der Waals surface area contributed by atoms with Crippen molar-refractivity contribution in [2.24, 2.45) is 0 Å². The minimum absolute atomic E-state index is 0.507. The summed E-state index contributed by atoms with van der Waals surface area (Å²) >= 11 is 5.39. The maximum Gasteiger partial charge on any atom is 0.0701 e. The molecule has 0 aromatic carbocycles. The van der Waals surface area contributed by atoms with Gasteiger partial charge in [-0.05, 0) is 66.7 Å². The first-order valence-electron chi connectivity index (χ1n) is 6.90. The molecule has 1 saturated heterocycles. The van der Waals surface area contributed by atoms with Gasteiger partial charge in [0, 0.05) is 17.5 Å². The van der Waals surface area contributed by atoms with Crippen LogP contribution in [-0.2, 0) is 4.74 Å². The molecule has 0 aliphatic carbocycles. The van der Waals surface area contributed by atoms with Crippen LogP contribution in [0.4, 0.5) is 0 Å². The van der Waals surface area contributed by atoms with Crippen molar-refractivity contribution >= 4 is 27.3 Å². The largest absolute Gasteiger partial charge is 0.378 e. The number of thiophene rings is 1. The highest BCUT2D eigenvalue weighted by molar-refractivity contribution is 9.11. The van der Waals surface area contributed by atoms with Crippen molar-refractivity contribution in [3.63, 3.8) is 0 Å². The van der Waals surface area contributed by atoms with Crippen LogP contribution in [0.1, 0.15) is 49.9 Å². The molecule has 0 saturated carbocycles. The predicted octanol–water partition coefficient (Wildman–Crippen LogP) is 4.51. The van der Waals surface area contributed by atoms with E-state index in [1.165, 1.54) is 40.8 Å². The standard InChI is InChI=1S/C14H22BrNOS/c1-2-16-12(13-8-9-14(15)18-13)7-3-5-11-6-4-10-17-11/h8-9,11-12,16H,2-7,10H2,1H3. The monoisotopic (exact) mass is 331 g/mol. The molecule has 2 rings (SSSR count). The Labute approximate surface area is 122 Å². The Morgan fingerprint density at radius 3 is 3.06 bits per heavy atom. The van der Waals surface area contributed by atoms with Gasteiger partial charge in [-0.2, -0.15) is 0 Å². The maximum atomic E-state index is 5.68. The number of rotatable bonds is 7. The first kappa shape index (κ1) is 14.5. The zero-order valence-corrected chi connectivity index (χ0v) is 13.4. The Bertz CT molecular complexity index is 349. The maximum absolute atomic E-state index is 5.68. The normalized spacial score (nSPS) is 21.3. The third-order valence-electron chi connectivity index (χ3n) is 3.43. The lowest BCUT2D eigenvalue weighted by Gasteiger charge is -2.17. The molecule has 0 spiro atoms. The highest BCUT2D eigenvalue weighted by Gasteiger charge is 2.17. The summed E-state index contributed by atoms with van der Waals surface area (Å²) in [7, 11) is 0. The number of halogens is 1. The van der Waals surface area contributed by atoms with E-state index in [2.05, 4.69) is 40.3 Å². The number of nitrogens with one attached hydrogen (secondary N) is 1. The summed E-state index contributed by atoms with van der Waals surface area (Å²) in [4.78, 5) is 1.44. The lowest BCUT2D eigenvalue weighted by atomic mass is 10.0. The smallest absolute Gasteiger partial charge is 0.0701 e. The molecular weight excluding hydrogens is 310 g/mol. The van der Waals surface area contributed by atoms with Crippen molar-refractivity contribution in [1.82, 2.24) is 5.32 Å². The molecule has 0 radical (unpaired) electrons. The predicted molar refractivity (Wildman–Crippen MR) is 81.3 cm³/mol. The molecule has 2 heterocycles. The Morgan fingerprint density at radius 1 is 1.56 bits per heavy atom. The first-order valence-corrected chi connectivity index (χ1v) is 8.50. The van der Waals surface area contributed by atoms with Gasteiger partial charge in [-0.3, -0.25) is 0 Å². The lowest BCUT2D eigenvalue weighted by Crippen LogP contribution is -2.20. The van der Waals surface area contributed by atoms with Gasteiger partial charge in [0.25, 0.3) is 0 Å². The Balaban J connectivity index is 1.78. The van der Waals surface area contributed by atoms with E-state index in [1.54, 1.807) is 0 Å². The van der Waals surface area contributed by atoms with Crippen molar-refractivity contribution in [3.05, 3.63) is 20.8 Å². The number of hydrogen-bond acceptors (Lipinski definition) is 3. The van der Waals surface area contributed by atoms with Gasteiger partial charge in [0.15, 0.2) is 0 Å². The van der Waals surface area contributed by atoms with Gasteiger partial charge in [0.2, 0.25) is 0 Å². The van der Waals surface area contributed by atoms with Crippen molar-refractivity contribution in [2.75, 3.05) is 13.2 Å². The van der Waals surface area contributed by atoms with Crippen LogP contribution < -0.4 is 5.32 Å². The van der Waals surface area contributed by atoms with E-state index in [9.17, 15) is 0 Å². The van der Waals surface area contributed by atoms with Gasteiger partial charge >= 0.3 is 0 Å². The fourth-order valence-electron chi connectivity index (χ4n) is 2.53. The van der Waals surface area contributed by atoms with Gasteiger partial charge in [-0.1, -0.05) is 6.92 Å². The van der Waals surface area contributed by atoms with Gasteiger partial charge in [0.05, 0.1) is 9.89 Å². The second-order valence-electron chi connectivity index (χ2n) is 4.82. The van der Waals surface area contributed by atoms with Crippen molar-refractivity contribution in [2.45, 2.75) is 51.2 Å². The topological polar surface area (TPSA) is 21.3 Å². The number of ether oxygens (including phenoxy) is 1. The molecule has 1 aromatic rings. The molecule has 1 fully saturated rings. The van der Waals surface area contributed by atoms with E-state index in [-0.39, 0.29) is 0 Å². The van der Waals surface area contributed by atoms with Crippen LogP contribution in [0.2, 0.25) is 0 Å². The molecule has 1 aliphatic rings. The third kappa shape index (κ3) is 4.34. The molecule has 4 heteroatoms. The molecule has 2 nitrogen and oxygen atoms in total. The molecular formula is C14H22BrNOS. The van der Waals surface area contributed by atoms with Crippen LogP contribution in [-0.4, -0.2) is 19.3 Å². The fraction of sp³-hybridized carbons (Fsp3) is 0.714. The van der Waals surface area contributed by atoms with E-state index in [1.807, 2.05) is 11.3 Å². The molecule has 1 aromatic heterocycles. The summed E-state index contributed by atoms with van der Waals surface area (Å²) in [5, 5.41) is 3.59. The molecule has 0 amide bonds. The molecule has 0 bridgehead atoms. The fourth-order valence-corrected chi connectivity index (χ4v) is 4.06. The SMILES string of the molecule is CCNC(CCCC1CCCO1)c1ccc(Br)s1. The Morgan fingerprint density at radius 2 is 2.44 bits per heavy atom. The summed E-state index contributed by atoms with van der Waals surface area (Å²) in [6, 6.07) is 4.88. The summed E-state index contributed by atoms with van der Waals surface area (Å²) in [6.45, 7) is 4.18. The van der Waals surface area contributed by atoms with Crippen LogP contribution >= 0.6 is 27.3 Å². The molecule has 2 atom stereocenters. The summed E-state index contributed by atoms with van der Waals surface area (Å²) < 4.78 is 6.90. The van der Waals surface area contributed by atoms with Crippen LogP contribution in [0.15, 0.2) is 15.9 Å². The van der Waals surface area contributed by atoms with Crippen molar-refractivity contribution < 1.29 is 4.74 Å². The second-order valence-corrected chi connectivity index (χ2v) is 7.31. The molecule has 102 valence electrons. The summed E-state index contributed by atoms with van der Waals surface area (Å²) in [5.41, 5.74) is 0. The van der Waals surface area contributed by atoms with Gasteiger partial charge in [-0.15, -0.1) is 11.3 Å². The Hall–Kier alpha value is 0.1000. The highest BCUT2D eigenvalue weighted by Crippen LogP contribution is 2.30. The van der Waals surface area contributed by atoms with E-state index < -0.39 is 0 Å². The molecule has 1 N–H and O–H groups in total. The molecule has 18 heavy (non-hydrogen) atoms. The van der Waals surface area contributed by atoms with Crippen LogP contribution in [0.3, 0.4) is 0 Å². The molecule has 1 aliphatic heterocycles. The van der Waals surface area contributed by atoms with Crippen molar-refractivity contribution in [3.8, 4) is 0 Å². The van der Waals surface area contributed by atoms with Gasteiger partial charge < -0.3 is 10.1 Å². The first-order chi connectivity index (χ1) is 8.79. The average molecular weight is 332 g/mol. The average Bonchev–Trinajstić information content (AvgIpc) is 2.99. The van der Waals surface area contributed by atoms with Crippen LogP contribution in [0.5, 0.6) is 0 Å². The number of hydrogen-bond donors (Lipinski definition) is 1. The second kappa shape index (κ2) is 7.63. The molecule has 2 unspecified atom stereocenters.